The summed E-state index contributed by atoms with van der Waals surface area (Å²) in [5, 5.41) is 8.81. The van der Waals surface area contributed by atoms with Crippen molar-refractivity contribution in [2.75, 3.05) is 11.4 Å². The molecule has 6 nitrogen and oxygen atoms in total. The van der Waals surface area contributed by atoms with Crippen molar-refractivity contribution >= 4 is 23.5 Å². The molecule has 0 radical (unpaired) electrons. The highest BCUT2D eigenvalue weighted by atomic mass is 16.4. The van der Waals surface area contributed by atoms with E-state index in [1.54, 1.807) is 18.2 Å². The van der Waals surface area contributed by atoms with Crippen LogP contribution >= 0.6 is 0 Å². The number of amidine groups is 1. The van der Waals surface area contributed by atoms with Crippen LogP contribution in [-0.4, -0.2) is 34.3 Å². The SMILES string of the molecule is O=C1CN(c2ccccn2)C(C(=O)O)=N1. The average Bonchev–Trinajstić information content (AvgIpc) is 2.62. The van der Waals surface area contributed by atoms with E-state index in [9.17, 15) is 9.59 Å². The zero-order valence-corrected chi connectivity index (χ0v) is 7.62. The number of pyridine rings is 1. The highest BCUT2D eigenvalue weighted by Crippen LogP contribution is 2.14. The van der Waals surface area contributed by atoms with E-state index < -0.39 is 11.9 Å². The molecule has 1 N–H and O–H groups in total. The van der Waals surface area contributed by atoms with Crippen LogP contribution in [0.15, 0.2) is 29.4 Å². The van der Waals surface area contributed by atoms with Gasteiger partial charge in [-0.2, -0.15) is 4.99 Å². The van der Waals surface area contributed by atoms with Crippen LogP contribution in [0.5, 0.6) is 0 Å². The zero-order chi connectivity index (χ0) is 10.8. The number of aromatic nitrogens is 1. The number of carbonyl (C=O) groups excluding carboxylic acids is 1. The van der Waals surface area contributed by atoms with Crippen LogP contribution in [0.2, 0.25) is 0 Å². The topological polar surface area (TPSA) is 82.9 Å². The molecule has 0 saturated carbocycles. The van der Waals surface area contributed by atoms with Crippen molar-refractivity contribution in [3.05, 3.63) is 24.4 Å². The van der Waals surface area contributed by atoms with E-state index in [2.05, 4.69) is 9.98 Å². The highest BCUT2D eigenvalue weighted by Gasteiger charge is 2.30. The highest BCUT2D eigenvalue weighted by molar-refractivity contribution is 6.44. The Kier molecular flexibility index (Phi) is 2.17. The fourth-order valence-electron chi connectivity index (χ4n) is 1.29. The molecule has 6 heteroatoms. The average molecular weight is 205 g/mol. The van der Waals surface area contributed by atoms with E-state index in [4.69, 9.17) is 5.11 Å². The third-order valence-corrected chi connectivity index (χ3v) is 1.90. The van der Waals surface area contributed by atoms with Gasteiger partial charge in [-0.15, -0.1) is 0 Å². The second-order valence-electron chi connectivity index (χ2n) is 2.91. The Hall–Kier alpha value is -2.24. The van der Waals surface area contributed by atoms with Crippen molar-refractivity contribution < 1.29 is 14.7 Å². The monoisotopic (exact) mass is 205 g/mol. The minimum atomic E-state index is -1.23. The summed E-state index contributed by atoms with van der Waals surface area (Å²) in [6, 6.07) is 5.04. The lowest BCUT2D eigenvalue weighted by molar-refractivity contribution is -0.129. The van der Waals surface area contributed by atoms with Crippen LogP contribution in [0, 0.1) is 0 Å². The second-order valence-corrected chi connectivity index (χ2v) is 2.91. The summed E-state index contributed by atoms with van der Waals surface area (Å²) in [5.41, 5.74) is 0. The molecule has 0 aliphatic carbocycles. The first kappa shape index (κ1) is 9.32. The Morgan fingerprint density at radius 2 is 2.27 bits per heavy atom. The fraction of sp³-hybridized carbons (Fsp3) is 0.111. The van der Waals surface area contributed by atoms with Crippen molar-refractivity contribution in [3.8, 4) is 0 Å². The molecule has 0 fully saturated rings. The smallest absolute Gasteiger partial charge is 0.372 e. The molecule has 0 bridgehead atoms. The number of hydrogen-bond donors (Lipinski definition) is 1. The van der Waals surface area contributed by atoms with Gasteiger partial charge in [0.15, 0.2) is 0 Å². The summed E-state index contributed by atoms with van der Waals surface area (Å²) in [6.07, 6.45) is 1.53. The van der Waals surface area contributed by atoms with Gasteiger partial charge in [-0.05, 0) is 12.1 Å². The summed E-state index contributed by atoms with van der Waals surface area (Å²) >= 11 is 0. The lowest BCUT2D eigenvalue weighted by atomic mass is 10.4. The number of aliphatic imine (C=N–C) groups is 1. The maximum Gasteiger partial charge on any atom is 0.372 e. The van der Waals surface area contributed by atoms with E-state index in [0.29, 0.717) is 5.82 Å². The second kappa shape index (κ2) is 3.49. The first-order valence-corrected chi connectivity index (χ1v) is 4.22. The molecule has 1 amide bonds. The molecule has 1 aromatic heterocycles. The number of rotatable bonds is 2. The minimum Gasteiger partial charge on any atom is -0.475 e. The summed E-state index contributed by atoms with van der Waals surface area (Å²) in [7, 11) is 0. The normalized spacial score (nSPS) is 15.3. The fourth-order valence-corrected chi connectivity index (χ4v) is 1.29. The van der Waals surface area contributed by atoms with E-state index >= 15 is 0 Å². The van der Waals surface area contributed by atoms with E-state index in [1.165, 1.54) is 11.1 Å². The van der Waals surface area contributed by atoms with Gasteiger partial charge in [0.2, 0.25) is 5.84 Å². The summed E-state index contributed by atoms with van der Waals surface area (Å²) < 4.78 is 0. The molecule has 0 spiro atoms. The Morgan fingerprint density at radius 1 is 1.47 bits per heavy atom. The van der Waals surface area contributed by atoms with Crippen LogP contribution in [0.3, 0.4) is 0 Å². The number of carbonyl (C=O) groups is 2. The molecule has 1 aromatic rings. The molecule has 2 heterocycles. The predicted molar refractivity (Wildman–Crippen MR) is 51.7 cm³/mol. The number of amides is 1. The van der Waals surface area contributed by atoms with Crippen LogP contribution in [0.4, 0.5) is 5.82 Å². The van der Waals surface area contributed by atoms with Gasteiger partial charge in [-0.25, -0.2) is 9.78 Å². The molecule has 76 valence electrons. The number of carboxylic acid groups (broad SMARTS) is 1. The van der Waals surface area contributed by atoms with Gasteiger partial charge in [0, 0.05) is 6.20 Å². The van der Waals surface area contributed by atoms with Crippen LogP contribution in [-0.2, 0) is 9.59 Å². The molecule has 0 unspecified atom stereocenters. The Labute approximate surface area is 84.9 Å². The molecular formula is C9H7N3O3. The molecule has 2 rings (SSSR count). The number of aliphatic carboxylic acids is 1. The Bertz CT molecular complexity index is 441. The lowest BCUT2D eigenvalue weighted by Gasteiger charge is -2.14. The van der Waals surface area contributed by atoms with Crippen molar-refractivity contribution in [3.63, 3.8) is 0 Å². The van der Waals surface area contributed by atoms with Gasteiger partial charge < -0.3 is 5.11 Å². The third-order valence-electron chi connectivity index (χ3n) is 1.90. The van der Waals surface area contributed by atoms with Crippen molar-refractivity contribution in [2.24, 2.45) is 4.99 Å². The molecule has 0 atom stereocenters. The molecular weight excluding hydrogens is 198 g/mol. The molecule has 15 heavy (non-hydrogen) atoms. The minimum absolute atomic E-state index is 0.0708. The summed E-state index contributed by atoms with van der Waals surface area (Å²) in [5.74, 6) is -1.58. The van der Waals surface area contributed by atoms with E-state index in [0.717, 1.165) is 0 Å². The van der Waals surface area contributed by atoms with Crippen molar-refractivity contribution in [1.29, 1.82) is 0 Å². The summed E-state index contributed by atoms with van der Waals surface area (Å²) in [6.45, 7) is -0.0708. The lowest BCUT2D eigenvalue weighted by Crippen LogP contribution is -2.34. The van der Waals surface area contributed by atoms with Gasteiger partial charge in [-0.1, -0.05) is 6.07 Å². The van der Waals surface area contributed by atoms with Gasteiger partial charge in [-0.3, -0.25) is 9.69 Å². The molecule has 0 saturated heterocycles. The van der Waals surface area contributed by atoms with Gasteiger partial charge in [0.1, 0.15) is 12.4 Å². The van der Waals surface area contributed by atoms with Gasteiger partial charge >= 0.3 is 5.97 Å². The van der Waals surface area contributed by atoms with Crippen LogP contribution in [0.1, 0.15) is 0 Å². The zero-order valence-electron chi connectivity index (χ0n) is 7.62. The molecule has 1 aliphatic heterocycles. The quantitative estimate of drug-likeness (QED) is 0.729. The van der Waals surface area contributed by atoms with Gasteiger partial charge in [0.25, 0.3) is 5.91 Å². The van der Waals surface area contributed by atoms with E-state index in [-0.39, 0.29) is 12.4 Å². The first-order chi connectivity index (χ1) is 7.18. The van der Waals surface area contributed by atoms with Crippen molar-refractivity contribution in [1.82, 2.24) is 4.98 Å². The van der Waals surface area contributed by atoms with Crippen LogP contribution in [0.25, 0.3) is 0 Å². The number of anilines is 1. The molecule has 0 aromatic carbocycles. The Morgan fingerprint density at radius 3 is 2.87 bits per heavy atom. The van der Waals surface area contributed by atoms with Gasteiger partial charge in [0.05, 0.1) is 0 Å². The Balaban J connectivity index is 2.36. The standard InChI is InChI=1S/C9H7N3O3/c13-7-5-12(8(11-7)9(14)15)6-3-1-2-4-10-6/h1-4H,5H2,(H,14,15). The van der Waals surface area contributed by atoms with Crippen LogP contribution < -0.4 is 4.90 Å². The number of hydrogen-bond acceptors (Lipinski definition) is 4. The summed E-state index contributed by atoms with van der Waals surface area (Å²) in [4.78, 5) is 30.4. The maximum absolute atomic E-state index is 11.0. The van der Waals surface area contributed by atoms with Crippen molar-refractivity contribution in [2.45, 2.75) is 0 Å². The number of carboxylic acids is 1. The predicted octanol–water partition coefficient (Wildman–Crippen LogP) is -0.0887. The maximum atomic E-state index is 11.0. The third kappa shape index (κ3) is 1.69. The van der Waals surface area contributed by atoms with E-state index in [1.807, 2.05) is 0 Å². The number of nitrogens with zero attached hydrogens (tertiary/aromatic N) is 3. The molecule has 1 aliphatic rings. The largest absolute Gasteiger partial charge is 0.475 e. The first-order valence-electron chi connectivity index (χ1n) is 4.22.